The highest BCUT2D eigenvalue weighted by atomic mass is 16.5. The third-order valence-electron chi connectivity index (χ3n) is 3.84. The second-order valence-electron chi connectivity index (χ2n) is 5.85. The molecule has 0 unspecified atom stereocenters. The zero-order valence-corrected chi connectivity index (χ0v) is 11.5. The lowest BCUT2D eigenvalue weighted by atomic mass is 9.81. The number of aromatic amines is 1. The molecule has 2 rings (SSSR count). The number of hydrogen-bond acceptors (Lipinski definition) is 4. The van der Waals surface area contributed by atoms with Crippen LogP contribution in [0.15, 0.2) is 21.9 Å². The van der Waals surface area contributed by atoms with Crippen molar-refractivity contribution in [2.75, 3.05) is 6.61 Å². The van der Waals surface area contributed by atoms with Gasteiger partial charge < -0.3 is 9.84 Å². The van der Waals surface area contributed by atoms with E-state index in [4.69, 9.17) is 4.74 Å². The van der Waals surface area contributed by atoms with Crippen LogP contribution in [0.5, 0.6) is 0 Å². The third-order valence-corrected chi connectivity index (χ3v) is 3.84. The summed E-state index contributed by atoms with van der Waals surface area (Å²) in [7, 11) is 0. The van der Waals surface area contributed by atoms with Crippen molar-refractivity contribution in [3.05, 3.63) is 33.1 Å². The van der Waals surface area contributed by atoms with Gasteiger partial charge in [-0.1, -0.05) is 20.8 Å². The first kappa shape index (κ1) is 14.0. The van der Waals surface area contributed by atoms with Gasteiger partial charge in [-0.3, -0.25) is 14.3 Å². The van der Waals surface area contributed by atoms with Crippen LogP contribution in [-0.2, 0) is 4.74 Å². The molecule has 1 aromatic heterocycles. The molecule has 0 bridgehead atoms. The van der Waals surface area contributed by atoms with Crippen LogP contribution < -0.4 is 11.2 Å². The topological polar surface area (TPSA) is 84.3 Å². The molecule has 2 N–H and O–H groups in total. The molecule has 0 aromatic carbocycles. The van der Waals surface area contributed by atoms with Crippen molar-refractivity contribution in [3.63, 3.8) is 0 Å². The number of aromatic nitrogens is 2. The minimum atomic E-state index is -0.621. The summed E-state index contributed by atoms with van der Waals surface area (Å²) in [6.07, 6.45) is 2.27. The molecule has 2 heterocycles. The van der Waals surface area contributed by atoms with Gasteiger partial charge in [0.05, 0.1) is 12.2 Å². The minimum absolute atomic E-state index is 0.0818. The van der Waals surface area contributed by atoms with E-state index in [1.807, 2.05) is 20.8 Å². The fourth-order valence-electron chi connectivity index (χ4n) is 2.81. The Morgan fingerprint density at radius 2 is 2.21 bits per heavy atom. The van der Waals surface area contributed by atoms with E-state index in [2.05, 4.69) is 4.98 Å². The van der Waals surface area contributed by atoms with Gasteiger partial charge in [-0.25, -0.2) is 4.79 Å². The van der Waals surface area contributed by atoms with Gasteiger partial charge in [-0.2, -0.15) is 0 Å². The number of ether oxygens (including phenoxy) is 1. The van der Waals surface area contributed by atoms with Gasteiger partial charge in [-0.15, -0.1) is 0 Å². The second-order valence-corrected chi connectivity index (χ2v) is 5.85. The molecule has 1 saturated heterocycles. The Bertz CT molecular complexity index is 568. The van der Waals surface area contributed by atoms with Crippen LogP contribution in [0.3, 0.4) is 0 Å². The Hall–Kier alpha value is -1.40. The molecule has 0 amide bonds. The lowest BCUT2D eigenvalue weighted by molar-refractivity contribution is -0.112. The summed E-state index contributed by atoms with van der Waals surface area (Å²) in [5.74, 6) is 0. The second kappa shape index (κ2) is 4.61. The number of aliphatic hydroxyl groups excluding tert-OH is 1. The van der Waals surface area contributed by atoms with Crippen LogP contribution in [0.4, 0.5) is 0 Å². The van der Waals surface area contributed by atoms with Crippen molar-refractivity contribution in [1.82, 2.24) is 9.55 Å². The molecule has 0 aliphatic carbocycles. The zero-order chi connectivity index (χ0) is 14.3. The van der Waals surface area contributed by atoms with Crippen LogP contribution >= 0.6 is 0 Å². The van der Waals surface area contributed by atoms with Gasteiger partial charge in [0.15, 0.2) is 0 Å². The van der Waals surface area contributed by atoms with E-state index in [0.29, 0.717) is 12.8 Å². The molecular formula is C13H20N2O4. The van der Waals surface area contributed by atoms with E-state index in [9.17, 15) is 14.7 Å². The number of hydrogen-bond donors (Lipinski definition) is 2. The van der Waals surface area contributed by atoms with Crippen LogP contribution in [0.25, 0.3) is 0 Å². The van der Waals surface area contributed by atoms with Gasteiger partial charge >= 0.3 is 5.69 Å². The van der Waals surface area contributed by atoms with Crippen molar-refractivity contribution in [1.29, 1.82) is 0 Å². The summed E-state index contributed by atoms with van der Waals surface area (Å²) in [5.41, 5.74) is -1.85. The van der Waals surface area contributed by atoms with Crippen LogP contribution in [-0.4, -0.2) is 26.9 Å². The lowest BCUT2D eigenvalue weighted by Crippen LogP contribution is -2.36. The van der Waals surface area contributed by atoms with E-state index < -0.39 is 23.1 Å². The molecule has 2 atom stereocenters. The number of H-pyrrole nitrogens is 1. The van der Waals surface area contributed by atoms with Gasteiger partial charge in [0, 0.05) is 17.7 Å². The number of nitrogens with one attached hydrogen (secondary N) is 1. The van der Waals surface area contributed by atoms with Crippen molar-refractivity contribution in [2.24, 2.45) is 5.41 Å². The van der Waals surface area contributed by atoms with Crippen LogP contribution in [0.1, 0.15) is 39.8 Å². The fourth-order valence-corrected chi connectivity index (χ4v) is 2.81. The highest BCUT2D eigenvalue weighted by molar-refractivity contribution is 4.98. The monoisotopic (exact) mass is 268 g/mol. The first-order valence-corrected chi connectivity index (χ1v) is 6.44. The summed E-state index contributed by atoms with van der Waals surface area (Å²) < 4.78 is 7.34. The molecule has 0 radical (unpaired) electrons. The molecule has 1 fully saturated rings. The van der Waals surface area contributed by atoms with E-state index in [1.54, 1.807) is 0 Å². The van der Waals surface area contributed by atoms with E-state index in [0.717, 1.165) is 0 Å². The maximum atomic E-state index is 11.9. The van der Waals surface area contributed by atoms with Gasteiger partial charge in [0.25, 0.3) is 5.56 Å². The van der Waals surface area contributed by atoms with E-state index in [1.165, 1.54) is 16.8 Å². The van der Waals surface area contributed by atoms with Crippen molar-refractivity contribution in [2.45, 2.75) is 45.4 Å². The third kappa shape index (κ3) is 2.37. The molecule has 1 aliphatic heterocycles. The molecule has 6 nitrogen and oxygen atoms in total. The fraction of sp³-hybridized carbons (Fsp3) is 0.692. The number of aliphatic hydroxyl groups is 1. The lowest BCUT2D eigenvalue weighted by Gasteiger charge is -2.26. The Labute approximate surface area is 111 Å². The minimum Gasteiger partial charge on any atom is -0.393 e. The van der Waals surface area contributed by atoms with E-state index >= 15 is 0 Å². The molecule has 1 aliphatic rings. The summed E-state index contributed by atoms with van der Waals surface area (Å²) in [6.45, 7) is 5.84. The zero-order valence-electron chi connectivity index (χ0n) is 11.5. The normalized spacial score (nSPS) is 29.6. The maximum Gasteiger partial charge on any atom is 0.330 e. The SMILES string of the molecule is CC[C@]1(CO)CC(C)(C)[C@H](n2ccc(=O)[nH]c2=O)O1. The van der Waals surface area contributed by atoms with Gasteiger partial charge in [-0.05, 0) is 12.8 Å². The van der Waals surface area contributed by atoms with Crippen molar-refractivity contribution in [3.8, 4) is 0 Å². The smallest absolute Gasteiger partial charge is 0.330 e. The summed E-state index contributed by atoms with van der Waals surface area (Å²) in [4.78, 5) is 25.2. The average molecular weight is 268 g/mol. The van der Waals surface area contributed by atoms with Crippen molar-refractivity contribution >= 4 is 0 Å². The van der Waals surface area contributed by atoms with Crippen molar-refractivity contribution < 1.29 is 9.84 Å². The molecule has 19 heavy (non-hydrogen) atoms. The first-order chi connectivity index (χ1) is 8.83. The molecular weight excluding hydrogens is 248 g/mol. The number of nitrogens with zero attached hydrogens (tertiary/aromatic N) is 1. The summed E-state index contributed by atoms with van der Waals surface area (Å²) in [5, 5.41) is 9.56. The average Bonchev–Trinajstić information content (AvgIpc) is 2.62. The standard InChI is InChI=1S/C13H20N2O4/c1-4-13(8-16)7-12(2,3)10(19-13)15-6-5-9(17)14-11(15)18/h5-6,10,16H,4,7-8H2,1-3H3,(H,14,17,18)/t10-,13-/m1/s1. The van der Waals surface area contributed by atoms with E-state index in [-0.39, 0.29) is 12.0 Å². The first-order valence-electron chi connectivity index (χ1n) is 6.44. The predicted molar refractivity (Wildman–Crippen MR) is 70.0 cm³/mol. The summed E-state index contributed by atoms with van der Waals surface area (Å²) in [6, 6.07) is 1.30. The molecule has 1 aromatic rings. The molecule has 106 valence electrons. The quantitative estimate of drug-likeness (QED) is 0.841. The predicted octanol–water partition coefficient (Wildman–Crippen LogP) is 0.623. The molecule has 6 heteroatoms. The highest BCUT2D eigenvalue weighted by Crippen LogP contribution is 2.50. The van der Waals surface area contributed by atoms with Gasteiger partial charge in [0.1, 0.15) is 6.23 Å². The molecule has 0 saturated carbocycles. The Balaban J connectivity index is 2.45. The van der Waals surface area contributed by atoms with Crippen LogP contribution in [0.2, 0.25) is 0 Å². The largest absolute Gasteiger partial charge is 0.393 e. The number of rotatable bonds is 3. The summed E-state index contributed by atoms with van der Waals surface area (Å²) >= 11 is 0. The Morgan fingerprint density at radius 3 is 2.68 bits per heavy atom. The Kier molecular flexibility index (Phi) is 3.40. The Morgan fingerprint density at radius 1 is 1.53 bits per heavy atom. The highest BCUT2D eigenvalue weighted by Gasteiger charge is 2.50. The molecule has 0 spiro atoms. The maximum absolute atomic E-state index is 11.9. The van der Waals surface area contributed by atoms with Gasteiger partial charge in [0.2, 0.25) is 0 Å². The van der Waals surface area contributed by atoms with Crippen LogP contribution in [0, 0.1) is 5.41 Å².